The number of hydrogen-bond acceptors (Lipinski definition) is 0. The van der Waals surface area contributed by atoms with Gasteiger partial charge in [-0.1, -0.05) is 19.4 Å². The zero-order valence-electron chi connectivity index (χ0n) is 9.63. The molecule has 0 aliphatic heterocycles. The van der Waals surface area contributed by atoms with Gasteiger partial charge in [0.2, 0.25) is 0 Å². The van der Waals surface area contributed by atoms with Gasteiger partial charge in [-0.3, -0.25) is 0 Å². The maximum absolute atomic E-state index is 2.29. The van der Waals surface area contributed by atoms with Crippen molar-refractivity contribution in [3.8, 4) is 0 Å². The molecule has 3 heteroatoms. The Bertz CT molecular complexity index is 349. The Balaban J connectivity index is -0.000000422. The van der Waals surface area contributed by atoms with Gasteiger partial charge in [0.05, 0.1) is 0 Å². The molecule has 86 valence electrons. The van der Waals surface area contributed by atoms with Gasteiger partial charge in [0, 0.05) is 0 Å². The minimum absolute atomic E-state index is 0. The number of rotatable bonds is 2. The van der Waals surface area contributed by atoms with Crippen LogP contribution in [-0.2, 0) is 32.6 Å². The van der Waals surface area contributed by atoms with Crippen molar-refractivity contribution < 1.29 is 74.2 Å². The molecule has 0 aromatic heterocycles. The van der Waals surface area contributed by atoms with Crippen LogP contribution in [0.4, 0.5) is 0 Å². The van der Waals surface area contributed by atoms with E-state index < -0.39 is 0 Å². The van der Waals surface area contributed by atoms with Gasteiger partial charge in [0.1, 0.15) is 0 Å². The zero-order chi connectivity index (χ0) is 8.39. The number of fused-ring (bicyclic) bond motifs is 1. The number of benzene rings is 1. The third-order valence-corrected chi connectivity index (χ3v) is 2.22. The van der Waals surface area contributed by atoms with Crippen molar-refractivity contribution >= 4 is 10.8 Å². The fourth-order valence-corrected chi connectivity index (χ4v) is 1.65. The molecule has 2 rings (SSSR count). The summed E-state index contributed by atoms with van der Waals surface area (Å²) in [4.78, 5) is 0. The first-order valence-electron chi connectivity index (χ1n) is 4.54. The van der Waals surface area contributed by atoms with Crippen LogP contribution < -0.4 is 48.0 Å². The van der Waals surface area contributed by atoms with Crippen molar-refractivity contribution in [2.45, 2.75) is 19.8 Å². The molecule has 16 heavy (non-hydrogen) atoms. The minimum atomic E-state index is 0. The molecule has 2 aromatic carbocycles. The van der Waals surface area contributed by atoms with E-state index in [1.807, 2.05) is 0 Å². The number of halogens is 2. The molecule has 0 N–H and O–H groups in total. The molecule has 0 fully saturated rings. The Kier molecular flexibility index (Phi) is 15.8. The minimum Gasteiger partial charge on any atom is -1.00 e. The van der Waals surface area contributed by atoms with Gasteiger partial charge >= 0.3 is 26.2 Å². The number of aryl methyl sites for hydroxylation is 1. The van der Waals surface area contributed by atoms with Crippen LogP contribution in [0.25, 0.3) is 10.8 Å². The summed E-state index contributed by atoms with van der Waals surface area (Å²) < 4.78 is 0. The normalized spacial score (nSPS) is 8.06. The molecule has 0 radical (unpaired) electrons. The molecule has 0 saturated heterocycles. The van der Waals surface area contributed by atoms with Crippen molar-refractivity contribution in [1.29, 1.82) is 0 Å². The Morgan fingerprint density at radius 1 is 1.12 bits per heavy atom. The van der Waals surface area contributed by atoms with Gasteiger partial charge in [-0.05, 0) is 6.42 Å². The maximum atomic E-state index is 2.29. The van der Waals surface area contributed by atoms with E-state index >= 15 is 0 Å². The van der Waals surface area contributed by atoms with Crippen LogP contribution in [-0.4, -0.2) is 0 Å². The smallest absolute Gasteiger partial charge is 1.00 e. The van der Waals surface area contributed by atoms with Crippen molar-refractivity contribution in [2.24, 2.45) is 0 Å². The van der Waals surface area contributed by atoms with E-state index in [-0.39, 0.29) is 81.6 Å². The van der Waals surface area contributed by atoms with Crippen LogP contribution in [0.2, 0.25) is 0 Å². The summed E-state index contributed by atoms with van der Waals surface area (Å²) in [6.07, 6.45) is 2.44. The topological polar surface area (TPSA) is 0 Å². The van der Waals surface area contributed by atoms with E-state index in [1.165, 1.54) is 29.2 Å². The second-order valence-electron chi connectivity index (χ2n) is 3.24. The molecule has 2 aromatic rings. The summed E-state index contributed by atoms with van der Waals surface area (Å²) in [7, 11) is 0. The Morgan fingerprint density at radius 2 is 1.75 bits per heavy atom. The summed E-state index contributed by atoms with van der Waals surface area (Å²) in [5.74, 6) is 0. The predicted molar refractivity (Wildman–Crippen MR) is 60.0 cm³/mol. The average Bonchev–Trinajstić information content (AvgIpc) is 2.47. The SMILES string of the molecule is CCCc1cc2ccccc2[cH-]1.[CH3-].[I-].[I-].[Zr+4]. The van der Waals surface area contributed by atoms with E-state index in [4.69, 9.17) is 0 Å². The van der Waals surface area contributed by atoms with Gasteiger partial charge in [-0.15, -0.1) is 40.6 Å². The second-order valence-corrected chi connectivity index (χ2v) is 3.24. The Morgan fingerprint density at radius 3 is 2.31 bits per heavy atom. The van der Waals surface area contributed by atoms with Gasteiger partial charge in [-0.2, -0.15) is 6.07 Å². The van der Waals surface area contributed by atoms with E-state index in [0.29, 0.717) is 0 Å². The van der Waals surface area contributed by atoms with Gasteiger partial charge in [-0.25, -0.2) is 0 Å². The van der Waals surface area contributed by atoms with E-state index in [9.17, 15) is 0 Å². The summed E-state index contributed by atoms with van der Waals surface area (Å²) >= 11 is 0. The fourth-order valence-electron chi connectivity index (χ4n) is 1.65. The molecule has 0 heterocycles. The van der Waals surface area contributed by atoms with Crippen LogP contribution >= 0.6 is 0 Å². The van der Waals surface area contributed by atoms with Gasteiger partial charge < -0.3 is 55.4 Å². The summed E-state index contributed by atoms with van der Waals surface area (Å²) in [6, 6.07) is 13.1. The van der Waals surface area contributed by atoms with E-state index in [2.05, 4.69) is 43.3 Å². The molecule has 0 atom stereocenters. The Hall–Kier alpha value is 1.17. The summed E-state index contributed by atoms with van der Waals surface area (Å²) in [5.41, 5.74) is 1.47. The average molecular weight is 517 g/mol. The molecule has 0 spiro atoms. The standard InChI is InChI=1S/C12H13.CH3.2HI.Zr/c1-2-5-10-8-11-6-3-4-7-12(11)9-10;;;;/h3-4,6-9H,2,5H2,1H3;1H3;2*1H;/q2*-1;;;+4/p-2. The predicted octanol–water partition coefficient (Wildman–Crippen LogP) is -2.03. The Labute approximate surface area is 152 Å². The molecule has 0 saturated carbocycles. The van der Waals surface area contributed by atoms with Crippen molar-refractivity contribution in [3.63, 3.8) is 0 Å². The first kappa shape index (κ1) is 22.4. The van der Waals surface area contributed by atoms with Crippen LogP contribution in [0.5, 0.6) is 0 Å². The van der Waals surface area contributed by atoms with Crippen molar-refractivity contribution in [1.82, 2.24) is 0 Å². The second kappa shape index (κ2) is 11.3. The quantitative estimate of drug-likeness (QED) is 0.319. The summed E-state index contributed by atoms with van der Waals surface area (Å²) in [5, 5.41) is 2.75. The van der Waals surface area contributed by atoms with Crippen LogP contribution in [0.15, 0.2) is 36.4 Å². The van der Waals surface area contributed by atoms with Crippen LogP contribution in [0, 0.1) is 7.43 Å². The monoisotopic (exact) mass is 516 g/mol. The third-order valence-electron chi connectivity index (χ3n) is 2.22. The first-order chi connectivity index (χ1) is 5.90. The molecular formula is C13H16I2Zr. The van der Waals surface area contributed by atoms with Crippen LogP contribution in [0.1, 0.15) is 18.9 Å². The maximum Gasteiger partial charge on any atom is 4.00 e. The molecule has 0 amide bonds. The van der Waals surface area contributed by atoms with Crippen molar-refractivity contribution in [3.05, 3.63) is 49.4 Å². The van der Waals surface area contributed by atoms with Crippen LogP contribution in [0.3, 0.4) is 0 Å². The first-order valence-corrected chi connectivity index (χ1v) is 4.54. The number of hydrogen-bond donors (Lipinski definition) is 0. The molecule has 0 unspecified atom stereocenters. The third kappa shape index (κ3) is 5.68. The molecule has 0 aliphatic carbocycles. The van der Waals surface area contributed by atoms with E-state index in [1.54, 1.807) is 0 Å². The van der Waals surface area contributed by atoms with Crippen molar-refractivity contribution in [2.75, 3.05) is 0 Å². The fraction of sp³-hybridized carbons (Fsp3) is 0.231. The molecule has 0 nitrogen and oxygen atoms in total. The largest absolute Gasteiger partial charge is 4.00 e. The van der Waals surface area contributed by atoms with E-state index in [0.717, 1.165) is 0 Å². The molecule has 0 aliphatic rings. The molecule has 0 bridgehead atoms. The summed E-state index contributed by atoms with van der Waals surface area (Å²) in [6.45, 7) is 2.22. The van der Waals surface area contributed by atoms with Gasteiger partial charge in [0.25, 0.3) is 0 Å². The zero-order valence-corrected chi connectivity index (χ0v) is 16.4. The van der Waals surface area contributed by atoms with Gasteiger partial charge in [0.15, 0.2) is 0 Å². The molecular weight excluding hydrogens is 501 g/mol.